The van der Waals surface area contributed by atoms with Crippen molar-refractivity contribution in [3.63, 3.8) is 0 Å². The lowest BCUT2D eigenvalue weighted by Crippen LogP contribution is -2.20. The van der Waals surface area contributed by atoms with Crippen LogP contribution in [0.1, 0.15) is 11.1 Å². The number of carbonyl (C=O) groups excluding carboxylic acids is 2. The molecule has 130 valence electrons. The third-order valence-corrected chi connectivity index (χ3v) is 3.96. The summed E-state index contributed by atoms with van der Waals surface area (Å²) in [6.07, 6.45) is 2.55. The molecule has 0 radical (unpaired) electrons. The molecular formula is C18H14Cl2FNO3. The van der Waals surface area contributed by atoms with Crippen LogP contribution in [0.15, 0.2) is 42.5 Å². The zero-order chi connectivity index (χ0) is 18.4. The van der Waals surface area contributed by atoms with Gasteiger partial charge in [-0.15, -0.1) is 0 Å². The standard InChI is InChI=1S/C18H14Cl2FNO3/c1-11-5-7-15(14(21)9-11)22-16(23)10-25-17(24)8-6-12-3-2-4-13(19)18(12)20/h2-9H,10H2,1H3,(H,22,23)/b8-6+. The quantitative estimate of drug-likeness (QED) is 0.606. The number of aryl methyl sites for hydroxylation is 1. The Labute approximate surface area is 154 Å². The first-order valence-corrected chi connectivity index (χ1v) is 7.97. The summed E-state index contributed by atoms with van der Waals surface area (Å²) in [6.45, 7) is 1.19. The van der Waals surface area contributed by atoms with Crippen molar-refractivity contribution in [2.75, 3.05) is 11.9 Å². The van der Waals surface area contributed by atoms with Gasteiger partial charge in [-0.1, -0.05) is 41.4 Å². The van der Waals surface area contributed by atoms with Gasteiger partial charge in [-0.25, -0.2) is 9.18 Å². The Hall–Kier alpha value is -2.37. The van der Waals surface area contributed by atoms with E-state index in [0.717, 1.165) is 11.6 Å². The number of rotatable bonds is 5. The van der Waals surface area contributed by atoms with Crippen molar-refractivity contribution in [3.05, 3.63) is 69.5 Å². The number of carbonyl (C=O) groups is 2. The first-order valence-electron chi connectivity index (χ1n) is 7.21. The van der Waals surface area contributed by atoms with Gasteiger partial charge >= 0.3 is 5.97 Å². The van der Waals surface area contributed by atoms with Crippen LogP contribution in [0.3, 0.4) is 0 Å². The van der Waals surface area contributed by atoms with E-state index in [1.165, 1.54) is 18.2 Å². The highest BCUT2D eigenvalue weighted by Gasteiger charge is 2.09. The molecule has 25 heavy (non-hydrogen) atoms. The van der Waals surface area contributed by atoms with E-state index in [1.54, 1.807) is 31.2 Å². The van der Waals surface area contributed by atoms with Gasteiger partial charge in [-0.2, -0.15) is 0 Å². The van der Waals surface area contributed by atoms with Crippen LogP contribution in [0.25, 0.3) is 6.08 Å². The molecule has 0 aliphatic heterocycles. The van der Waals surface area contributed by atoms with Gasteiger partial charge in [0.05, 0.1) is 15.7 Å². The van der Waals surface area contributed by atoms with Crippen LogP contribution < -0.4 is 5.32 Å². The summed E-state index contributed by atoms with van der Waals surface area (Å²) >= 11 is 11.9. The van der Waals surface area contributed by atoms with E-state index in [-0.39, 0.29) is 5.69 Å². The summed E-state index contributed by atoms with van der Waals surface area (Å²) in [4.78, 5) is 23.4. The molecule has 0 unspecified atom stereocenters. The number of hydrogen-bond donors (Lipinski definition) is 1. The number of ether oxygens (including phenoxy) is 1. The molecule has 0 saturated heterocycles. The fraction of sp³-hybridized carbons (Fsp3) is 0.111. The second-order valence-electron chi connectivity index (χ2n) is 5.12. The van der Waals surface area contributed by atoms with Gasteiger partial charge < -0.3 is 10.1 Å². The highest BCUT2D eigenvalue weighted by atomic mass is 35.5. The molecule has 0 atom stereocenters. The number of hydrogen-bond acceptors (Lipinski definition) is 3. The van der Waals surface area contributed by atoms with Gasteiger partial charge in [0.1, 0.15) is 5.82 Å². The van der Waals surface area contributed by atoms with Crippen LogP contribution >= 0.6 is 23.2 Å². The van der Waals surface area contributed by atoms with Gasteiger partial charge in [0.15, 0.2) is 6.61 Å². The molecule has 0 aliphatic rings. The minimum Gasteiger partial charge on any atom is -0.452 e. The Balaban J connectivity index is 1.88. The van der Waals surface area contributed by atoms with Crippen LogP contribution in [0.2, 0.25) is 10.0 Å². The van der Waals surface area contributed by atoms with E-state index in [2.05, 4.69) is 5.32 Å². The van der Waals surface area contributed by atoms with Crippen molar-refractivity contribution >= 4 is 46.8 Å². The van der Waals surface area contributed by atoms with E-state index >= 15 is 0 Å². The lowest BCUT2D eigenvalue weighted by Gasteiger charge is -2.07. The third-order valence-electron chi connectivity index (χ3n) is 3.12. The molecule has 0 aromatic heterocycles. The fourth-order valence-corrected chi connectivity index (χ4v) is 2.27. The molecule has 0 fully saturated rings. The smallest absolute Gasteiger partial charge is 0.331 e. The molecular weight excluding hydrogens is 368 g/mol. The Morgan fingerprint density at radius 1 is 1.24 bits per heavy atom. The Bertz CT molecular complexity index is 837. The van der Waals surface area contributed by atoms with Crippen LogP contribution in [0.5, 0.6) is 0 Å². The van der Waals surface area contributed by atoms with Crippen LogP contribution in [0.4, 0.5) is 10.1 Å². The van der Waals surface area contributed by atoms with Crippen molar-refractivity contribution in [1.82, 2.24) is 0 Å². The van der Waals surface area contributed by atoms with E-state index in [9.17, 15) is 14.0 Å². The van der Waals surface area contributed by atoms with E-state index in [0.29, 0.717) is 15.6 Å². The molecule has 1 amide bonds. The van der Waals surface area contributed by atoms with Crippen LogP contribution in [-0.4, -0.2) is 18.5 Å². The number of halogens is 3. The Morgan fingerprint density at radius 2 is 2.00 bits per heavy atom. The maximum Gasteiger partial charge on any atom is 0.331 e. The minimum atomic E-state index is -0.740. The first kappa shape index (κ1) is 19.0. The Morgan fingerprint density at radius 3 is 2.72 bits per heavy atom. The lowest BCUT2D eigenvalue weighted by atomic mass is 10.2. The van der Waals surface area contributed by atoms with Crippen LogP contribution in [0, 0.1) is 12.7 Å². The maximum atomic E-state index is 13.6. The predicted octanol–water partition coefficient (Wildman–Crippen LogP) is 4.64. The molecule has 2 aromatic rings. The van der Waals surface area contributed by atoms with Crippen molar-refractivity contribution in [2.45, 2.75) is 6.92 Å². The average molecular weight is 382 g/mol. The van der Waals surface area contributed by atoms with Crippen molar-refractivity contribution in [2.24, 2.45) is 0 Å². The summed E-state index contributed by atoms with van der Waals surface area (Å²) in [5.41, 5.74) is 1.29. The Kier molecular flexibility index (Phi) is 6.56. The molecule has 7 heteroatoms. The number of anilines is 1. The molecule has 2 aromatic carbocycles. The van der Waals surface area contributed by atoms with Gasteiger partial charge in [0.25, 0.3) is 5.91 Å². The van der Waals surface area contributed by atoms with Crippen LogP contribution in [-0.2, 0) is 14.3 Å². The molecule has 0 aliphatic carbocycles. The van der Waals surface area contributed by atoms with Crippen molar-refractivity contribution in [1.29, 1.82) is 0 Å². The SMILES string of the molecule is Cc1ccc(NC(=O)COC(=O)/C=C/c2cccc(Cl)c2Cl)c(F)c1. The van der Waals surface area contributed by atoms with E-state index in [1.807, 2.05) is 0 Å². The fourth-order valence-electron chi connectivity index (χ4n) is 1.90. The number of amides is 1. The molecule has 4 nitrogen and oxygen atoms in total. The largest absolute Gasteiger partial charge is 0.452 e. The highest BCUT2D eigenvalue weighted by molar-refractivity contribution is 6.42. The molecule has 0 bridgehead atoms. The van der Waals surface area contributed by atoms with Crippen molar-refractivity contribution < 1.29 is 18.7 Å². The summed E-state index contributed by atoms with van der Waals surface area (Å²) in [7, 11) is 0. The first-order chi connectivity index (χ1) is 11.9. The number of benzene rings is 2. The normalized spacial score (nSPS) is 10.7. The lowest BCUT2D eigenvalue weighted by molar-refractivity contribution is -0.142. The molecule has 1 N–H and O–H groups in total. The summed E-state index contributed by atoms with van der Waals surface area (Å²) in [6, 6.07) is 9.36. The van der Waals surface area contributed by atoms with Gasteiger partial charge in [0.2, 0.25) is 0 Å². The number of esters is 1. The molecule has 2 rings (SSSR count). The summed E-state index contributed by atoms with van der Waals surface area (Å²) < 4.78 is 18.4. The zero-order valence-electron chi connectivity index (χ0n) is 13.2. The van der Waals surface area contributed by atoms with E-state index in [4.69, 9.17) is 27.9 Å². The maximum absolute atomic E-state index is 13.6. The van der Waals surface area contributed by atoms with E-state index < -0.39 is 24.3 Å². The van der Waals surface area contributed by atoms with Gasteiger partial charge in [-0.3, -0.25) is 4.79 Å². The number of nitrogens with one attached hydrogen (secondary N) is 1. The topological polar surface area (TPSA) is 55.4 Å². The third kappa shape index (κ3) is 5.59. The second kappa shape index (κ2) is 8.65. The average Bonchev–Trinajstić information content (AvgIpc) is 2.57. The molecule has 0 spiro atoms. The predicted molar refractivity (Wildman–Crippen MR) is 96.2 cm³/mol. The highest BCUT2D eigenvalue weighted by Crippen LogP contribution is 2.26. The molecule has 0 saturated carbocycles. The minimum absolute atomic E-state index is 0.0212. The van der Waals surface area contributed by atoms with Gasteiger partial charge in [0, 0.05) is 6.08 Å². The second-order valence-corrected chi connectivity index (χ2v) is 5.90. The molecule has 0 heterocycles. The summed E-state index contributed by atoms with van der Waals surface area (Å²) in [5, 5.41) is 2.99. The van der Waals surface area contributed by atoms with Gasteiger partial charge in [-0.05, 0) is 42.3 Å². The van der Waals surface area contributed by atoms with Crippen molar-refractivity contribution in [3.8, 4) is 0 Å². The monoisotopic (exact) mass is 381 g/mol. The summed E-state index contributed by atoms with van der Waals surface area (Å²) in [5.74, 6) is -1.95. The zero-order valence-corrected chi connectivity index (χ0v) is 14.7.